The molecule has 0 aliphatic carbocycles. The minimum absolute atomic E-state index is 0.0170. The molecular weight excluding hydrogens is 685 g/mol. The first-order chi connectivity index (χ1) is 21.0. The van der Waals surface area contributed by atoms with Gasteiger partial charge >= 0.3 is 0 Å². The van der Waals surface area contributed by atoms with E-state index in [0.29, 0.717) is 5.02 Å². The number of sulfonamides is 1. The van der Waals surface area contributed by atoms with Crippen molar-refractivity contribution in [2.45, 2.75) is 43.8 Å². The van der Waals surface area contributed by atoms with Gasteiger partial charge in [-0.25, -0.2) is 8.42 Å². The monoisotopic (exact) mass is 715 g/mol. The average molecular weight is 718 g/mol. The molecule has 0 saturated heterocycles. The molecule has 0 unspecified atom stereocenters. The lowest BCUT2D eigenvalue weighted by atomic mass is 10.0. The van der Waals surface area contributed by atoms with Gasteiger partial charge in [0.15, 0.2) is 0 Å². The lowest BCUT2D eigenvalue weighted by molar-refractivity contribution is -0.140. The fraction of sp³-hybridized carbons (Fsp3) is 0.212. The summed E-state index contributed by atoms with van der Waals surface area (Å²) in [7, 11) is -4.27. The quantitative estimate of drug-likeness (QED) is 0.169. The van der Waals surface area contributed by atoms with Crippen molar-refractivity contribution in [2.24, 2.45) is 0 Å². The molecule has 44 heavy (non-hydrogen) atoms. The first-order valence-electron chi connectivity index (χ1n) is 13.9. The predicted octanol–water partition coefficient (Wildman–Crippen LogP) is 7.12. The second-order valence-electron chi connectivity index (χ2n) is 10.4. The Kier molecular flexibility index (Phi) is 11.5. The molecule has 0 heterocycles. The molecule has 0 aliphatic rings. The van der Waals surface area contributed by atoms with Gasteiger partial charge < -0.3 is 10.2 Å². The van der Waals surface area contributed by atoms with Crippen LogP contribution < -0.4 is 9.62 Å². The van der Waals surface area contributed by atoms with E-state index >= 15 is 0 Å². The third kappa shape index (κ3) is 8.63. The number of hydrogen-bond donors (Lipinski definition) is 1. The summed E-state index contributed by atoms with van der Waals surface area (Å²) in [5.74, 6) is -0.936. The second-order valence-corrected chi connectivity index (χ2v) is 14.1. The van der Waals surface area contributed by atoms with Crippen LogP contribution in [0.3, 0.4) is 0 Å². The summed E-state index contributed by atoms with van der Waals surface area (Å²) < 4.78 is 29.9. The van der Waals surface area contributed by atoms with Gasteiger partial charge in [0, 0.05) is 28.5 Å². The largest absolute Gasteiger partial charge is 0.352 e. The molecule has 0 aliphatic heterocycles. The molecule has 230 valence electrons. The number of amides is 2. The summed E-state index contributed by atoms with van der Waals surface area (Å²) >= 11 is 16.1. The van der Waals surface area contributed by atoms with Crippen molar-refractivity contribution in [2.75, 3.05) is 10.8 Å². The fourth-order valence-corrected chi connectivity index (χ4v) is 6.92. The molecule has 1 N–H and O–H groups in total. The molecule has 1 atom stereocenters. The Morgan fingerprint density at radius 1 is 0.841 bits per heavy atom. The fourth-order valence-electron chi connectivity index (χ4n) is 4.64. The van der Waals surface area contributed by atoms with E-state index in [0.717, 1.165) is 19.9 Å². The van der Waals surface area contributed by atoms with Crippen molar-refractivity contribution in [3.8, 4) is 0 Å². The molecule has 0 fully saturated rings. The molecule has 4 aromatic rings. The van der Waals surface area contributed by atoms with Gasteiger partial charge in [-0.15, -0.1) is 0 Å². The predicted molar refractivity (Wildman–Crippen MR) is 179 cm³/mol. The van der Waals surface area contributed by atoms with Crippen LogP contribution in [-0.2, 0) is 32.6 Å². The molecule has 0 bridgehead atoms. The third-order valence-corrected chi connectivity index (χ3v) is 9.60. The Labute approximate surface area is 277 Å². The van der Waals surface area contributed by atoms with Gasteiger partial charge in [0.05, 0.1) is 15.6 Å². The number of carbonyl (C=O) groups excluding carboxylic acids is 2. The second kappa shape index (κ2) is 15.1. The summed E-state index contributed by atoms with van der Waals surface area (Å²) in [5, 5.41) is 3.31. The van der Waals surface area contributed by atoms with Crippen LogP contribution in [0.4, 0.5) is 5.69 Å². The van der Waals surface area contributed by atoms with E-state index in [9.17, 15) is 18.0 Å². The minimum atomic E-state index is -4.27. The van der Waals surface area contributed by atoms with E-state index < -0.39 is 28.5 Å². The highest BCUT2D eigenvalue weighted by molar-refractivity contribution is 9.10. The zero-order chi connectivity index (χ0) is 31.9. The molecule has 0 spiro atoms. The number of hydrogen-bond acceptors (Lipinski definition) is 4. The minimum Gasteiger partial charge on any atom is -0.352 e. The van der Waals surface area contributed by atoms with Gasteiger partial charge in [-0.2, -0.15) is 0 Å². The Hall–Kier alpha value is -3.37. The summed E-state index contributed by atoms with van der Waals surface area (Å²) in [6, 6.07) is 27.8. The number of rotatable bonds is 12. The molecule has 2 amide bonds. The SMILES string of the molecule is CC(C)NC(=O)[C@@H](Cc1ccccc1)N(Cc1ccc(Br)cc1)C(=O)CN(c1ccc(Cl)cc1Cl)S(=O)(=O)c1ccccc1. The molecule has 4 rings (SSSR count). The summed E-state index contributed by atoms with van der Waals surface area (Å²) in [4.78, 5) is 29.6. The Morgan fingerprint density at radius 3 is 2.05 bits per heavy atom. The highest BCUT2D eigenvalue weighted by atomic mass is 79.9. The maximum absolute atomic E-state index is 14.4. The van der Waals surface area contributed by atoms with Crippen LogP contribution in [0.2, 0.25) is 10.0 Å². The first kappa shape index (κ1) is 33.5. The molecule has 4 aromatic carbocycles. The van der Waals surface area contributed by atoms with Gasteiger partial charge in [-0.05, 0) is 67.4 Å². The van der Waals surface area contributed by atoms with Crippen LogP contribution in [0, 0.1) is 0 Å². The molecular formula is C33H32BrCl2N3O4S. The number of anilines is 1. The van der Waals surface area contributed by atoms with E-state index in [1.165, 1.54) is 35.2 Å². The van der Waals surface area contributed by atoms with Crippen molar-refractivity contribution in [1.29, 1.82) is 0 Å². The molecule has 0 radical (unpaired) electrons. The van der Waals surface area contributed by atoms with Gasteiger partial charge in [0.25, 0.3) is 10.0 Å². The van der Waals surface area contributed by atoms with Crippen molar-refractivity contribution >= 4 is 66.7 Å². The zero-order valence-corrected chi connectivity index (χ0v) is 28.1. The van der Waals surface area contributed by atoms with Crippen molar-refractivity contribution in [3.05, 3.63) is 129 Å². The van der Waals surface area contributed by atoms with Gasteiger partial charge in [-0.3, -0.25) is 13.9 Å². The number of nitrogens with one attached hydrogen (secondary N) is 1. The molecule has 0 aromatic heterocycles. The van der Waals surface area contributed by atoms with E-state index in [-0.39, 0.29) is 40.5 Å². The first-order valence-corrected chi connectivity index (χ1v) is 16.9. The van der Waals surface area contributed by atoms with Crippen LogP contribution >= 0.6 is 39.1 Å². The summed E-state index contributed by atoms with van der Waals surface area (Å²) in [6.45, 7) is 3.13. The molecule has 0 saturated carbocycles. The van der Waals surface area contributed by atoms with E-state index in [1.54, 1.807) is 18.2 Å². The van der Waals surface area contributed by atoms with Crippen LogP contribution in [0.15, 0.2) is 112 Å². The lowest BCUT2D eigenvalue weighted by Gasteiger charge is -2.34. The molecule has 11 heteroatoms. The Bertz CT molecular complexity index is 1690. The smallest absolute Gasteiger partial charge is 0.264 e. The normalized spacial score (nSPS) is 12.0. The van der Waals surface area contributed by atoms with Gasteiger partial charge in [-0.1, -0.05) is 99.8 Å². The topological polar surface area (TPSA) is 86.8 Å². The summed E-state index contributed by atoms with van der Waals surface area (Å²) in [5.41, 5.74) is 1.70. The Balaban J connectivity index is 1.82. The zero-order valence-electron chi connectivity index (χ0n) is 24.2. The number of benzene rings is 4. The van der Waals surface area contributed by atoms with Crippen molar-refractivity contribution < 1.29 is 18.0 Å². The highest BCUT2D eigenvalue weighted by Crippen LogP contribution is 2.33. The average Bonchev–Trinajstić information content (AvgIpc) is 2.99. The Morgan fingerprint density at radius 2 is 1.45 bits per heavy atom. The van der Waals surface area contributed by atoms with E-state index in [1.807, 2.05) is 68.4 Å². The highest BCUT2D eigenvalue weighted by Gasteiger charge is 2.35. The molecule has 7 nitrogen and oxygen atoms in total. The standard InChI is InChI=1S/C33H32BrCl2N3O4S/c1-23(2)37-33(41)31(19-24-9-5-3-6-10-24)38(21-25-13-15-26(34)16-14-25)32(40)22-39(30-18-17-27(35)20-29(30)36)44(42,43)28-11-7-4-8-12-28/h3-18,20,23,31H,19,21-22H2,1-2H3,(H,37,41)/t31-/m1/s1. The van der Waals surface area contributed by atoms with Crippen molar-refractivity contribution in [1.82, 2.24) is 10.2 Å². The van der Waals surface area contributed by atoms with Crippen LogP contribution in [0.25, 0.3) is 0 Å². The number of halogens is 3. The van der Waals surface area contributed by atoms with Gasteiger partial charge in [0.2, 0.25) is 11.8 Å². The van der Waals surface area contributed by atoms with E-state index in [2.05, 4.69) is 21.2 Å². The van der Waals surface area contributed by atoms with Crippen LogP contribution in [0.5, 0.6) is 0 Å². The summed E-state index contributed by atoms with van der Waals surface area (Å²) in [6.07, 6.45) is 0.217. The van der Waals surface area contributed by atoms with Crippen molar-refractivity contribution in [3.63, 3.8) is 0 Å². The van der Waals surface area contributed by atoms with Gasteiger partial charge in [0.1, 0.15) is 12.6 Å². The van der Waals surface area contributed by atoms with Crippen LogP contribution in [-0.4, -0.2) is 43.8 Å². The van der Waals surface area contributed by atoms with Crippen LogP contribution in [0.1, 0.15) is 25.0 Å². The van der Waals surface area contributed by atoms with E-state index in [4.69, 9.17) is 23.2 Å². The third-order valence-electron chi connectivity index (χ3n) is 6.76. The number of carbonyl (C=O) groups is 2. The lowest BCUT2D eigenvalue weighted by Crippen LogP contribution is -2.54. The maximum Gasteiger partial charge on any atom is 0.264 e. The number of nitrogens with zero attached hydrogens (tertiary/aromatic N) is 2. The maximum atomic E-state index is 14.4.